The monoisotopic (exact) mass is 257 g/mol. The Kier molecular flexibility index (Phi) is 4.10. The van der Waals surface area contributed by atoms with Gasteiger partial charge in [-0.15, -0.1) is 0 Å². The van der Waals surface area contributed by atoms with E-state index in [2.05, 4.69) is 10.3 Å². The molecule has 19 heavy (non-hydrogen) atoms. The summed E-state index contributed by atoms with van der Waals surface area (Å²) in [5.74, 6) is 0.190. The molecule has 0 saturated heterocycles. The number of carbonyl (C=O) groups is 1. The first-order valence-electron chi connectivity index (χ1n) is 5.87. The average Bonchev–Trinajstić information content (AvgIpc) is 2.46. The molecular weight excluding hydrogens is 242 g/mol. The number of hydrogen-bond acceptors (Lipinski definition) is 4. The van der Waals surface area contributed by atoms with Crippen LogP contribution in [0.25, 0.3) is 0 Å². The third-order valence-electron chi connectivity index (χ3n) is 2.73. The van der Waals surface area contributed by atoms with E-state index in [1.165, 1.54) is 6.20 Å². The third-order valence-corrected chi connectivity index (χ3v) is 2.73. The Morgan fingerprint density at radius 1 is 1.16 bits per heavy atom. The first-order chi connectivity index (χ1) is 9.19. The second kappa shape index (κ2) is 5.97. The number of benzene rings is 1. The van der Waals surface area contributed by atoms with Crippen LogP contribution in [0.5, 0.6) is 0 Å². The molecule has 0 aliphatic rings. The molecule has 2 rings (SSSR count). The highest BCUT2D eigenvalue weighted by atomic mass is 16.3. The molecule has 2 aromatic rings. The molecule has 0 atom stereocenters. The van der Waals surface area contributed by atoms with Crippen LogP contribution in [0, 0.1) is 0 Å². The number of aliphatic hydroxyl groups is 1. The Hall–Kier alpha value is -2.40. The molecule has 0 spiro atoms. The molecule has 5 heteroatoms. The highest BCUT2D eigenvalue weighted by molar-refractivity contribution is 5.92. The minimum absolute atomic E-state index is 0.0455. The number of anilines is 1. The Bertz CT molecular complexity index is 550. The molecule has 0 aliphatic heterocycles. The van der Waals surface area contributed by atoms with Crippen LogP contribution >= 0.6 is 0 Å². The second-order valence-corrected chi connectivity index (χ2v) is 4.12. The van der Waals surface area contributed by atoms with Gasteiger partial charge in [0.1, 0.15) is 5.82 Å². The Labute approximate surface area is 111 Å². The van der Waals surface area contributed by atoms with Crippen molar-refractivity contribution in [2.75, 3.05) is 5.32 Å². The van der Waals surface area contributed by atoms with Gasteiger partial charge >= 0.3 is 0 Å². The molecule has 0 fully saturated rings. The lowest BCUT2D eigenvalue weighted by atomic mass is 10.1. The number of nitrogens with two attached hydrogens (primary N) is 1. The lowest BCUT2D eigenvalue weighted by molar-refractivity contribution is 0.1000. The Balaban J connectivity index is 1.95. The van der Waals surface area contributed by atoms with Gasteiger partial charge in [0.05, 0.1) is 12.2 Å². The summed E-state index contributed by atoms with van der Waals surface area (Å²) in [5, 5.41) is 12.1. The lowest BCUT2D eigenvalue weighted by Crippen LogP contribution is -2.11. The summed E-state index contributed by atoms with van der Waals surface area (Å²) in [6.45, 7) is 0.665. The van der Waals surface area contributed by atoms with Crippen LogP contribution in [0.3, 0.4) is 0 Å². The fourth-order valence-corrected chi connectivity index (χ4v) is 1.60. The molecule has 98 valence electrons. The molecule has 0 bridgehead atoms. The van der Waals surface area contributed by atoms with Crippen molar-refractivity contribution in [3.63, 3.8) is 0 Å². The van der Waals surface area contributed by atoms with Crippen LogP contribution in [-0.2, 0) is 13.2 Å². The maximum atomic E-state index is 10.9. The van der Waals surface area contributed by atoms with Crippen molar-refractivity contribution in [3.8, 4) is 0 Å². The van der Waals surface area contributed by atoms with Crippen molar-refractivity contribution in [1.82, 2.24) is 4.98 Å². The van der Waals surface area contributed by atoms with Gasteiger partial charge in [-0.05, 0) is 23.3 Å². The number of amides is 1. The summed E-state index contributed by atoms with van der Waals surface area (Å²) < 4.78 is 0. The van der Waals surface area contributed by atoms with Gasteiger partial charge in [-0.1, -0.05) is 24.3 Å². The van der Waals surface area contributed by atoms with E-state index in [9.17, 15) is 4.79 Å². The van der Waals surface area contributed by atoms with Crippen molar-refractivity contribution in [1.29, 1.82) is 0 Å². The summed E-state index contributed by atoms with van der Waals surface area (Å²) in [4.78, 5) is 15.0. The fraction of sp³-hybridized carbons (Fsp3) is 0.143. The van der Waals surface area contributed by atoms with E-state index in [0.717, 1.165) is 11.1 Å². The molecule has 5 nitrogen and oxygen atoms in total. The number of pyridine rings is 1. The Morgan fingerprint density at radius 2 is 1.84 bits per heavy atom. The molecule has 1 amide bonds. The topological polar surface area (TPSA) is 88.2 Å². The van der Waals surface area contributed by atoms with Gasteiger partial charge in [-0.2, -0.15) is 0 Å². The summed E-state index contributed by atoms with van der Waals surface area (Å²) in [7, 11) is 0. The standard InChI is InChI=1S/C14H15N3O2/c15-14(19)12-5-6-13(17-8-12)16-7-10-1-3-11(9-18)4-2-10/h1-6,8,18H,7,9H2,(H2,15,19)(H,16,17). The number of hydrogen-bond donors (Lipinski definition) is 3. The SMILES string of the molecule is NC(=O)c1ccc(NCc2ccc(CO)cc2)nc1. The van der Waals surface area contributed by atoms with Crippen LogP contribution in [-0.4, -0.2) is 16.0 Å². The Morgan fingerprint density at radius 3 is 2.37 bits per heavy atom. The molecule has 1 aromatic heterocycles. The van der Waals surface area contributed by atoms with Gasteiger partial charge in [-0.3, -0.25) is 4.79 Å². The minimum atomic E-state index is -0.487. The summed E-state index contributed by atoms with van der Waals surface area (Å²) in [6, 6.07) is 11.0. The maximum absolute atomic E-state index is 10.9. The normalized spacial score (nSPS) is 10.2. The van der Waals surface area contributed by atoms with Crippen LogP contribution < -0.4 is 11.1 Å². The number of aromatic nitrogens is 1. The zero-order chi connectivity index (χ0) is 13.7. The van der Waals surface area contributed by atoms with Gasteiger partial charge in [-0.25, -0.2) is 4.98 Å². The van der Waals surface area contributed by atoms with Crippen LogP contribution in [0.2, 0.25) is 0 Å². The quantitative estimate of drug-likeness (QED) is 0.753. The molecule has 1 heterocycles. The zero-order valence-corrected chi connectivity index (χ0v) is 10.3. The predicted octanol–water partition coefficient (Wildman–Crippen LogP) is 1.28. The maximum Gasteiger partial charge on any atom is 0.250 e. The van der Waals surface area contributed by atoms with Gasteiger partial charge in [0.15, 0.2) is 0 Å². The number of nitrogens with one attached hydrogen (secondary N) is 1. The van der Waals surface area contributed by atoms with Crippen LogP contribution in [0.4, 0.5) is 5.82 Å². The first-order valence-corrected chi connectivity index (χ1v) is 5.87. The van der Waals surface area contributed by atoms with Crippen LogP contribution in [0.15, 0.2) is 42.6 Å². The van der Waals surface area contributed by atoms with E-state index < -0.39 is 5.91 Å². The number of primary amides is 1. The predicted molar refractivity (Wildman–Crippen MR) is 72.4 cm³/mol. The van der Waals surface area contributed by atoms with E-state index >= 15 is 0 Å². The molecule has 0 saturated carbocycles. The molecule has 0 radical (unpaired) electrons. The minimum Gasteiger partial charge on any atom is -0.392 e. The highest BCUT2D eigenvalue weighted by Crippen LogP contribution is 2.09. The molecule has 0 unspecified atom stereocenters. The summed E-state index contributed by atoms with van der Waals surface area (Å²) >= 11 is 0. The van der Waals surface area contributed by atoms with Crippen molar-refractivity contribution < 1.29 is 9.90 Å². The van der Waals surface area contributed by atoms with Crippen molar-refractivity contribution in [3.05, 3.63) is 59.3 Å². The highest BCUT2D eigenvalue weighted by Gasteiger charge is 2.01. The third kappa shape index (κ3) is 3.53. The molecule has 0 aliphatic carbocycles. The van der Waals surface area contributed by atoms with E-state index in [0.29, 0.717) is 17.9 Å². The number of nitrogens with zero attached hydrogens (tertiary/aromatic N) is 1. The van der Waals surface area contributed by atoms with Gasteiger partial charge in [0, 0.05) is 12.7 Å². The largest absolute Gasteiger partial charge is 0.392 e. The zero-order valence-electron chi connectivity index (χ0n) is 10.3. The van der Waals surface area contributed by atoms with Crippen molar-refractivity contribution in [2.45, 2.75) is 13.2 Å². The smallest absolute Gasteiger partial charge is 0.250 e. The number of rotatable bonds is 5. The van der Waals surface area contributed by atoms with E-state index in [1.54, 1.807) is 12.1 Å². The number of aliphatic hydroxyl groups excluding tert-OH is 1. The molecular formula is C14H15N3O2. The van der Waals surface area contributed by atoms with Crippen molar-refractivity contribution in [2.24, 2.45) is 5.73 Å². The number of carbonyl (C=O) groups excluding carboxylic acids is 1. The fourth-order valence-electron chi connectivity index (χ4n) is 1.60. The van der Waals surface area contributed by atoms with E-state index in [1.807, 2.05) is 24.3 Å². The molecule has 1 aromatic carbocycles. The summed E-state index contributed by atoms with van der Waals surface area (Å²) in [5.41, 5.74) is 7.49. The van der Waals surface area contributed by atoms with E-state index in [-0.39, 0.29) is 6.61 Å². The van der Waals surface area contributed by atoms with Gasteiger partial charge in [0.25, 0.3) is 0 Å². The van der Waals surface area contributed by atoms with Gasteiger partial charge < -0.3 is 16.2 Å². The second-order valence-electron chi connectivity index (χ2n) is 4.12. The van der Waals surface area contributed by atoms with E-state index in [4.69, 9.17) is 10.8 Å². The van der Waals surface area contributed by atoms with Crippen LogP contribution in [0.1, 0.15) is 21.5 Å². The average molecular weight is 257 g/mol. The van der Waals surface area contributed by atoms with Gasteiger partial charge in [0.2, 0.25) is 5.91 Å². The molecule has 4 N–H and O–H groups in total. The summed E-state index contributed by atoms with van der Waals surface area (Å²) in [6.07, 6.45) is 1.44. The first kappa shape index (κ1) is 13.0. The lowest BCUT2D eigenvalue weighted by Gasteiger charge is -2.06. The van der Waals surface area contributed by atoms with Crippen molar-refractivity contribution >= 4 is 11.7 Å².